The predicted molar refractivity (Wildman–Crippen MR) is 88.5 cm³/mol. The third kappa shape index (κ3) is 2.65. The van der Waals surface area contributed by atoms with Crippen LogP contribution in [0.1, 0.15) is 5.56 Å². The molecule has 0 unspecified atom stereocenters. The summed E-state index contributed by atoms with van der Waals surface area (Å²) in [7, 11) is 1.57. The topological polar surface area (TPSA) is 51.5 Å². The van der Waals surface area contributed by atoms with Crippen LogP contribution >= 0.6 is 11.6 Å². The lowest BCUT2D eigenvalue weighted by molar-refractivity contribution is 0.414. The van der Waals surface area contributed by atoms with Crippen molar-refractivity contribution in [1.29, 1.82) is 0 Å². The van der Waals surface area contributed by atoms with Crippen LogP contribution < -0.4 is 15.5 Å². The maximum atomic E-state index is 12.5. The molecule has 0 spiro atoms. The molecule has 0 radical (unpaired) electrons. The summed E-state index contributed by atoms with van der Waals surface area (Å²) >= 11 is 5.94. The standard InChI is InChI=1S/C17H14ClNO3/c1-10-7-11(18)3-6-14(10)19-15-9-22-16-8-12(21-2)4-5-13(16)17(15)20/h3-9,19H,1-2H3. The third-order valence-corrected chi connectivity index (χ3v) is 3.67. The monoisotopic (exact) mass is 315 g/mol. The van der Waals surface area contributed by atoms with Crippen molar-refractivity contribution < 1.29 is 9.15 Å². The van der Waals surface area contributed by atoms with E-state index in [2.05, 4.69) is 5.32 Å². The molecule has 0 aliphatic heterocycles. The molecule has 22 heavy (non-hydrogen) atoms. The molecule has 112 valence electrons. The van der Waals surface area contributed by atoms with E-state index < -0.39 is 0 Å². The normalized spacial score (nSPS) is 10.7. The molecule has 0 fully saturated rings. The number of hydrogen-bond acceptors (Lipinski definition) is 4. The van der Waals surface area contributed by atoms with Crippen molar-refractivity contribution in [3.63, 3.8) is 0 Å². The smallest absolute Gasteiger partial charge is 0.216 e. The van der Waals surface area contributed by atoms with E-state index in [1.54, 1.807) is 31.4 Å². The van der Waals surface area contributed by atoms with Crippen molar-refractivity contribution in [2.75, 3.05) is 12.4 Å². The van der Waals surface area contributed by atoms with Crippen molar-refractivity contribution in [3.8, 4) is 5.75 Å². The summed E-state index contributed by atoms with van der Waals surface area (Å²) in [5.74, 6) is 0.643. The molecule has 0 aliphatic carbocycles. The predicted octanol–water partition coefficient (Wildman–Crippen LogP) is 4.51. The lowest BCUT2D eigenvalue weighted by Gasteiger charge is -2.09. The van der Waals surface area contributed by atoms with Gasteiger partial charge in [0.25, 0.3) is 0 Å². The maximum Gasteiger partial charge on any atom is 0.216 e. The number of rotatable bonds is 3. The molecule has 0 bridgehead atoms. The molecule has 1 aromatic heterocycles. The average molecular weight is 316 g/mol. The fourth-order valence-corrected chi connectivity index (χ4v) is 2.46. The van der Waals surface area contributed by atoms with Gasteiger partial charge in [-0.1, -0.05) is 11.6 Å². The summed E-state index contributed by atoms with van der Waals surface area (Å²) in [6.45, 7) is 1.92. The quantitative estimate of drug-likeness (QED) is 0.772. The van der Waals surface area contributed by atoms with E-state index in [9.17, 15) is 4.79 Å². The number of benzene rings is 2. The van der Waals surface area contributed by atoms with Gasteiger partial charge >= 0.3 is 0 Å². The average Bonchev–Trinajstić information content (AvgIpc) is 2.52. The zero-order valence-electron chi connectivity index (χ0n) is 12.1. The Kier molecular flexibility index (Phi) is 3.77. The summed E-state index contributed by atoms with van der Waals surface area (Å²) in [5.41, 5.74) is 2.50. The number of ether oxygens (including phenoxy) is 1. The van der Waals surface area contributed by atoms with Gasteiger partial charge in [-0.2, -0.15) is 0 Å². The lowest BCUT2D eigenvalue weighted by atomic mass is 10.2. The summed E-state index contributed by atoms with van der Waals surface area (Å²) in [6, 6.07) is 10.5. The van der Waals surface area contributed by atoms with Crippen LogP contribution in [0.15, 0.2) is 51.9 Å². The molecule has 0 amide bonds. The molecule has 0 saturated carbocycles. The van der Waals surface area contributed by atoms with Gasteiger partial charge in [0.05, 0.1) is 12.5 Å². The minimum atomic E-state index is -0.127. The van der Waals surface area contributed by atoms with Crippen molar-refractivity contribution in [3.05, 3.63) is 63.5 Å². The number of hydrogen-bond donors (Lipinski definition) is 1. The van der Waals surface area contributed by atoms with Crippen molar-refractivity contribution in [2.45, 2.75) is 6.92 Å². The minimum absolute atomic E-state index is 0.127. The molecule has 1 heterocycles. The molecule has 5 heteroatoms. The molecule has 3 aromatic rings. The minimum Gasteiger partial charge on any atom is -0.497 e. The highest BCUT2D eigenvalue weighted by Gasteiger charge is 2.09. The first kappa shape index (κ1) is 14.5. The highest BCUT2D eigenvalue weighted by atomic mass is 35.5. The molecule has 2 aromatic carbocycles. The Morgan fingerprint density at radius 3 is 2.68 bits per heavy atom. The van der Waals surface area contributed by atoms with E-state index in [1.165, 1.54) is 6.26 Å². The molecule has 1 N–H and O–H groups in total. The highest BCUT2D eigenvalue weighted by molar-refractivity contribution is 6.30. The van der Waals surface area contributed by atoms with Crippen LogP contribution in [0.3, 0.4) is 0 Å². The zero-order chi connectivity index (χ0) is 15.7. The molecule has 0 atom stereocenters. The number of anilines is 2. The highest BCUT2D eigenvalue weighted by Crippen LogP contribution is 2.24. The van der Waals surface area contributed by atoms with Gasteiger partial charge in [-0.15, -0.1) is 0 Å². The zero-order valence-corrected chi connectivity index (χ0v) is 12.9. The van der Waals surface area contributed by atoms with Gasteiger partial charge in [0, 0.05) is 16.8 Å². The molecule has 0 aliphatic rings. The van der Waals surface area contributed by atoms with Crippen LogP contribution in [0.4, 0.5) is 11.4 Å². The first-order valence-electron chi connectivity index (χ1n) is 6.71. The number of nitrogens with one attached hydrogen (secondary N) is 1. The van der Waals surface area contributed by atoms with E-state index in [0.717, 1.165) is 11.3 Å². The fourth-order valence-electron chi connectivity index (χ4n) is 2.23. The molecule has 0 saturated heterocycles. The summed E-state index contributed by atoms with van der Waals surface area (Å²) in [6.07, 6.45) is 1.41. The van der Waals surface area contributed by atoms with E-state index in [0.29, 0.717) is 27.4 Å². The second kappa shape index (κ2) is 5.73. The molecular weight excluding hydrogens is 302 g/mol. The van der Waals surface area contributed by atoms with Crippen LogP contribution in [-0.4, -0.2) is 7.11 Å². The van der Waals surface area contributed by atoms with Gasteiger partial charge in [0.2, 0.25) is 5.43 Å². The number of aryl methyl sites for hydroxylation is 1. The summed E-state index contributed by atoms with van der Waals surface area (Å²) in [4.78, 5) is 12.5. The summed E-state index contributed by atoms with van der Waals surface area (Å²) in [5, 5.41) is 4.24. The lowest BCUT2D eigenvalue weighted by Crippen LogP contribution is -2.08. The van der Waals surface area contributed by atoms with E-state index in [4.69, 9.17) is 20.8 Å². The number of halogens is 1. The van der Waals surface area contributed by atoms with Gasteiger partial charge in [-0.25, -0.2) is 0 Å². The maximum absolute atomic E-state index is 12.5. The van der Waals surface area contributed by atoms with Crippen LogP contribution in [-0.2, 0) is 0 Å². The fraction of sp³-hybridized carbons (Fsp3) is 0.118. The Bertz CT molecular complexity index is 902. The number of fused-ring (bicyclic) bond motifs is 1. The van der Waals surface area contributed by atoms with E-state index in [1.807, 2.05) is 19.1 Å². The molecule has 4 nitrogen and oxygen atoms in total. The van der Waals surface area contributed by atoms with Crippen molar-refractivity contribution >= 4 is 33.9 Å². The van der Waals surface area contributed by atoms with Crippen molar-refractivity contribution in [2.24, 2.45) is 0 Å². The van der Waals surface area contributed by atoms with Crippen molar-refractivity contribution in [1.82, 2.24) is 0 Å². The largest absolute Gasteiger partial charge is 0.497 e. The first-order valence-corrected chi connectivity index (χ1v) is 7.09. The Hall–Kier alpha value is -2.46. The second-order valence-corrected chi connectivity index (χ2v) is 5.36. The Labute approximate surface area is 132 Å². The van der Waals surface area contributed by atoms with E-state index >= 15 is 0 Å². The van der Waals surface area contributed by atoms with Crippen LogP contribution in [0.25, 0.3) is 11.0 Å². The Morgan fingerprint density at radius 2 is 1.95 bits per heavy atom. The van der Waals surface area contributed by atoms with Gasteiger partial charge in [-0.3, -0.25) is 4.79 Å². The second-order valence-electron chi connectivity index (χ2n) is 4.92. The van der Waals surface area contributed by atoms with Crippen LogP contribution in [0, 0.1) is 6.92 Å². The Morgan fingerprint density at radius 1 is 1.14 bits per heavy atom. The SMILES string of the molecule is COc1ccc2c(=O)c(Nc3ccc(Cl)cc3C)coc2c1. The van der Waals surface area contributed by atoms with E-state index in [-0.39, 0.29) is 5.43 Å². The van der Waals surface area contributed by atoms with Crippen LogP contribution in [0.5, 0.6) is 5.75 Å². The molecule has 3 rings (SSSR count). The molecular formula is C17H14ClNO3. The van der Waals surface area contributed by atoms with Gasteiger partial charge in [0.15, 0.2) is 0 Å². The first-order chi connectivity index (χ1) is 10.6. The van der Waals surface area contributed by atoms with Crippen LogP contribution in [0.2, 0.25) is 5.02 Å². The van der Waals surface area contributed by atoms with Gasteiger partial charge < -0.3 is 14.5 Å². The van der Waals surface area contributed by atoms with Gasteiger partial charge in [-0.05, 0) is 42.8 Å². The Balaban J connectivity index is 2.04. The number of methoxy groups -OCH3 is 1. The third-order valence-electron chi connectivity index (χ3n) is 3.44. The summed E-state index contributed by atoms with van der Waals surface area (Å²) < 4.78 is 10.7. The van der Waals surface area contributed by atoms with Gasteiger partial charge in [0.1, 0.15) is 23.3 Å².